The number of aromatic nitrogens is 5. The SMILES string of the molecule is Cc1cccc2c(=O)n(CCCC(=O)Nn3cn[nH]c3=S)cnc12. The fourth-order valence-electron chi connectivity index (χ4n) is 2.42. The fourth-order valence-corrected chi connectivity index (χ4v) is 2.57. The Labute approximate surface area is 142 Å². The molecule has 0 aliphatic carbocycles. The number of carbonyl (C=O) groups excluding carboxylic acids is 1. The highest BCUT2D eigenvalue weighted by molar-refractivity contribution is 7.71. The first-order valence-electron chi connectivity index (χ1n) is 7.43. The van der Waals surface area contributed by atoms with Gasteiger partial charge in [0.2, 0.25) is 10.7 Å². The lowest BCUT2D eigenvalue weighted by Gasteiger charge is -2.08. The van der Waals surface area contributed by atoms with Crippen LogP contribution in [0.25, 0.3) is 10.9 Å². The molecule has 0 aliphatic rings. The van der Waals surface area contributed by atoms with Gasteiger partial charge in [0.25, 0.3) is 5.56 Å². The Balaban J connectivity index is 1.65. The summed E-state index contributed by atoms with van der Waals surface area (Å²) < 4.78 is 3.18. The van der Waals surface area contributed by atoms with Crippen molar-refractivity contribution in [2.75, 3.05) is 5.43 Å². The summed E-state index contributed by atoms with van der Waals surface area (Å²) in [5.74, 6) is -0.204. The summed E-state index contributed by atoms with van der Waals surface area (Å²) in [5.41, 5.74) is 4.19. The third kappa shape index (κ3) is 3.25. The Morgan fingerprint density at radius 2 is 2.21 bits per heavy atom. The summed E-state index contributed by atoms with van der Waals surface area (Å²) in [6.45, 7) is 2.34. The number of benzene rings is 1. The molecule has 3 aromatic rings. The Hall–Kier alpha value is -2.81. The van der Waals surface area contributed by atoms with E-state index in [4.69, 9.17) is 12.2 Å². The van der Waals surface area contributed by atoms with E-state index in [1.54, 1.807) is 6.07 Å². The monoisotopic (exact) mass is 344 g/mol. The minimum absolute atomic E-state index is 0.0961. The van der Waals surface area contributed by atoms with Crippen molar-refractivity contribution in [3.63, 3.8) is 0 Å². The number of amides is 1. The molecule has 0 spiro atoms. The van der Waals surface area contributed by atoms with Crippen LogP contribution in [0.4, 0.5) is 0 Å². The first-order valence-corrected chi connectivity index (χ1v) is 7.84. The van der Waals surface area contributed by atoms with Crippen molar-refractivity contribution in [3.05, 3.63) is 51.5 Å². The molecule has 1 amide bonds. The second kappa shape index (κ2) is 6.75. The van der Waals surface area contributed by atoms with E-state index in [0.717, 1.165) is 5.56 Å². The molecule has 2 aromatic heterocycles. The smallest absolute Gasteiger partial charge is 0.261 e. The zero-order valence-corrected chi connectivity index (χ0v) is 13.8. The van der Waals surface area contributed by atoms with Crippen molar-refractivity contribution in [2.24, 2.45) is 0 Å². The molecule has 0 unspecified atom stereocenters. The van der Waals surface area contributed by atoms with Gasteiger partial charge in [0, 0.05) is 13.0 Å². The van der Waals surface area contributed by atoms with Crippen LogP contribution in [0.5, 0.6) is 0 Å². The van der Waals surface area contributed by atoms with Crippen LogP contribution < -0.4 is 11.0 Å². The van der Waals surface area contributed by atoms with Crippen LogP contribution in [-0.4, -0.2) is 30.3 Å². The lowest BCUT2D eigenvalue weighted by Crippen LogP contribution is -2.24. The van der Waals surface area contributed by atoms with E-state index in [1.807, 2.05) is 19.1 Å². The first-order chi connectivity index (χ1) is 11.6. The van der Waals surface area contributed by atoms with Crippen LogP contribution in [0.1, 0.15) is 18.4 Å². The minimum atomic E-state index is -0.204. The number of carbonyl (C=O) groups is 1. The molecule has 0 aliphatic heterocycles. The average Bonchev–Trinajstić information content (AvgIpc) is 2.95. The summed E-state index contributed by atoms with van der Waals surface area (Å²) in [4.78, 5) is 28.7. The summed E-state index contributed by atoms with van der Waals surface area (Å²) in [6.07, 6.45) is 3.68. The molecule has 0 fully saturated rings. The van der Waals surface area contributed by atoms with E-state index in [0.29, 0.717) is 28.6 Å². The van der Waals surface area contributed by atoms with Crippen LogP contribution in [0.2, 0.25) is 0 Å². The molecule has 124 valence electrons. The van der Waals surface area contributed by atoms with Crippen LogP contribution in [0.15, 0.2) is 35.6 Å². The molecule has 0 saturated carbocycles. The van der Waals surface area contributed by atoms with Crippen LogP contribution >= 0.6 is 12.2 Å². The van der Waals surface area contributed by atoms with Crippen LogP contribution in [0, 0.1) is 11.7 Å². The predicted octanol–water partition coefficient (Wildman–Crippen LogP) is 1.51. The molecule has 8 nitrogen and oxygen atoms in total. The standard InChI is InChI=1S/C15H16N6O2S/c1-10-4-2-5-11-13(10)16-8-20(14(11)23)7-3-6-12(22)19-21-9-17-18-15(21)24/h2,4-5,8-9H,3,6-7H2,1H3,(H,18,24)(H,19,22). The lowest BCUT2D eigenvalue weighted by atomic mass is 10.1. The van der Waals surface area contributed by atoms with Crippen LogP contribution in [0.3, 0.4) is 0 Å². The molecule has 0 saturated heterocycles. The number of hydrogen-bond acceptors (Lipinski definition) is 5. The van der Waals surface area contributed by atoms with Crippen molar-refractivity contribution < 1.29 is 4.79 Å². The maximum atomic E-state index is 12.4. The highest BCUT2D eigenvalue weighted by Crippen LogP contribution is 2.11. The van der Waals surface area contributed by atoms with E-state index in [1.165, 1.54) is 21.9 Å². The van der Waals surface area contributed by atoms with Gasteiger partial charge in [-0.1, -0.05) is 12.1 Å². The molecular weight excluding hydrogens is 328 g/mol. The number of para-hydroxylation sites is 1. The normalized spacial score (nSPS) is 10.9. The van der Waals surface area contributed by atoms with Gasteiger partial charge in [-0.2, -0.15) is 5.10 Å². The largest absolute Gasteiger partial charge is 0.299 e. The van der Waals surface area contributed by atoms with E-state index < -0.39 is 0 Å². The number of rotatable bonds is 5. The third-order valence-corrected chi connectivity index (χ3v) is 3.94. The van der Waals surface area contributed by atoms with Gasteiger partial charge in [-0.25, -0.2) is 9.66 Å². The Morgan fingerprint density at radius 3 is 2.96 bits per heavy atom. The van der Waals surface area contributed by atoms with Gasteiger partial charge in [0.05, 0.1) is 17.2 Å². The summed E-state index contributed by atoms with van der Waals surface area (Å²) in [5, 5.41) is 6.85. The predicted molar refractivity (Wildman–Crippen MR) is 91.8 cm³/mol. The van der Waals surface area contributed by atoms with E-state index in [2.05, 4.69) is 20.6 Å². The third-order valence-electron chi connectivity index (χ3n) is 3.66. The summed E-state index contributed by atoms with van der Waals surface area (Å²) >= 11 is 4.94. The number of fused-ring (bicyclic) bond motifs is 1. The van der Waals surface area contributed by atoms with Gasteiger partial charge in [0.15, 0.2) is 0 Å². The molecule has 0 atom stereocenters. The Kier molecular flexibility index (Phi) is 4.52. The zero-order chi connectivity index (χ0) is 17.1. The second-order valence-corrected chi connectivity index (χ2v) is 5.77. The number of nitrogens with one attached hydrogen (secondary N) is 2. The molecule has 1 aromatic carbocycles. The van der Waals surface area contributed by atoms with Gasteiger partial charge >= 0.3 is 0 Å². The van der Waals surface area contributed by atoms with Crippen molar-refractivity contribution in [1.29, 1.82) is 0 Å². The topological polar surface area (TPSA) is 97.6 Å². The van der Waals surface area contributed by atoms with Gasteiger partial charge in [0.1, 0.15) is 6.33 Å². The highest BCUT2D eigenvalue weighted by Gasteiger charge is 2.07. The van der Waals surface area contributed by atoms with Gasteiger partial charge in [-0.3, -0.25) is 24.7 Å². The van der Waals surface area contributed by atoms with Gasteiger partial charge in [-0.15, -0.1) is 0 Å². The summed E-state index contributed by atoms with van der Waals surface area (Å²) in [6, 6.07) is 5.53. The molecule has 9 heteroatoms. The first kappa shape index (κ1) is 16.1. The minimum Gasteiger partial charge on any atom is -0.299 e. The Morgan fingerprint density at radius 1 is 1.38 bits per heavy atom. The van der Waals surface area contributed by atoms with Crippen LogP contribution in [-0.2, 0) is 11.3 Å². The maximum absolute atomic E-state index is 12.4. The van der Waals surface area contributed by atoms with E-state index in [-0.39, 0.29) is 17.9 Å². The van der Waals surface area contributed by atoms with Crippen molar-refractivity contribution >= 4 is 29.0 Å². The van der Waals surface area contributed by atoms with E-state index in [9.17, 15) is 9.59 Å². The van der Waals surface area contributed by atoms with Gasteiger partial charge in [-0.05, 0) is 37.2 Å². The lowest BCUT2D eigenvalue weighted by molar-refractivity contribution is -0.117. The quantitative estimate of drug-likeness (QED) is 0.684. The molecule has 3 rings (SSSR count). The maximum Gasteiger partial charge on any atom is 0.261 e. The highest BCUT2D eigenvalue weighted by atomic mass is 32.1. The number of aromatic amines is 1. The zero-order valence-electron chi connectivity index (χ0n) is 13.0. The molecule has 2 N–H and O–H groups in total. The molecule has 0 radical (unpaired) electrons. The molecule has 24 heavy (non-hydrogen) atoms. The summed E-state index contributed by atoms with van der Waals surface area (Å²) in [7, 11) is 0. The van der Waals surface area contributed by atoms with Gasteiger partial charge < -0.3 is 0 Å². The number of hydrogen-bond donors (Lipinski definition) is 2. The number of nitrogens with zero attached hydrogens (tertiary/aromatic N) is 4. The Bertz CT molecular complexity index is 1000. The molecular formula is C15H16N6O2S. The second-order valence-electron chi connectivity index (χ2n) is 5.38. The number of H-pyrrole nitrogens is 1. The van der Waals surface area contributed by atoms with Crippen molar-refractivity contribution in [3.8, 4) is 0 Å². The number of aryl methyl sites for hydroxylation is 2. The molecule has 2 heterocycles. The fraction of sp³-hybridized carbons (Fsp3) is 0.267. The van der Waals surface area contributed by atoms with E-state index >= 15 is 0 Å². The van der Waals surface area contributed by atoms with Crippen molar-refractivity contribution in [2.45, 2.75) is 26.3 Å². The molecule has 0 bridgehead atoms. The average molecular weight is 344 g/mol. The van der Waals surface area contributed by atoms with Crippen molar-refractivity contribution in [1.82, 2.24) is 24.4 Å².